The van der Waals surface area contributed by atoms with E-state index < -0.39 is 23.8 Å². The summed E-state index contributed by atoms with van der Waals surface area (Å²) in [5, 5.41) is 5.79. The Kier molecular flexibility index (Phi) is 5.48. The number of benzene rings is 4. The Morgan fingerprint density at radius 2 is 0.800 bits per heavy atom. The summed E-state index contributed by atoms with van der Waals surface area (Å²) in [6, 6.07) is 21.0. The van der Waals surface area contributed by atoms with E-state index in [2.05, 4.69) is 10.6 Å². The number of fused-ring (bicyclic) bond motifs is 6. The fraction of sp³-hybridized carbons (Fsp3) is 0.125. The normalized spacial score (nSPS) is 15.6. The van der Waals surface area contributed by atoms with Crippen LogP contribution in [0.15, 0.2) is 72.8 Å². The van der Waals surface area contributed by atoms with Crippen LogP contribution in [0.1, 0.15) is 63.7 Å². The Morgan fingerprint density at radius 3 is 1.20 bits per heavy atom. The fourth-order valence-electron chi connectivity index (χ4n) is 5.72. The lowest BCUT2D eigenvalue weighted by Gasteiger charge is -2.24. The maximum absolute atomic E-state index is 13.6. The summed E-state index contributed by atoms with van der Waals surface area (Å²) in [4.78, 5) is 54.2. The number of carbonyl (C=O) groups is 4. The molecule has 0 spiro atoms. The molecule has 0 fully saturated rings. The number of ether oxygens (including phenoxy) is 2. The maximum atomic E-state index is 13.6. The van der Waals surface area contributed by atoms with Crippen LogP contribution in [0.3, 0.4) is 0 Å². The molecular formula is C32H22N2O6. The van der Waals surface area contributed by atoms with Crippen molar-refractivity contribution in [2.75, 3.05) is 10.6 Å². The van der Waals surface area contributed by atoms with Crippen molar-refractivity contribution in [3.8, 4) is 11.5 Å². The summed E-state index contributed by atoms with van der Waals surface area (Å²) < 4.78 is 11.5. The molecule has 0 aromatic heterocycles. The van der Waals surface area contributed by atoms with Crippen LogP contribution in [-0.2, 0) is 25.7 Å². The zero-order valence-electron chi connectivity index (χ0n) is 21.2. The summed E-state index contributed by atoms with van der Waals surface area (Å²) in [6.07, 6.45) is 1.33. The summed E-state index contributed by atoms with van der Waals surface area (Å²) in [6.45, 7) is 0. The van der Waals surface area contributed by atoms with Gasteiger partial charge in [0, 0.05) is 0 Å². The quantitative estimate of drug-likeness (QED) is 0.241. The highest BCUT2D eigenvalue weighted by Crippen LogP contribution is 2.35. The molecule has 0 saturated heterocycles. The largest absolute Gasteiger partial charge is 0.421 e. The molecule has 2 aliphatic carbocycles. The van der Waals surface area contributed by atoms with Crippen LogP contribution < -0.4 is 20.1 Å². The molecule has 2 N–H and O–H groups in total. The first-order valence-corrected chi connectivity index (χ1v) is 13.0. The van der Waals surface area contributed by atoms with Crippen LogP contribution >= 0.6 is 0 Å². The van der Waals surface area contributed by atoms with Crippen LogP contribution in [0.4, 0.5) is 11.4 Å². The van der Waals surface area contributed by atoms with Gasteiger partial charge >= 0.3 is 11.9 Å². The van der Waals surface area contributed by atoms with Gasteiger partial charge in [-0.3, -0.25) is 9.59 Å². The standard InChI is InChI=1S/C32H22N2O6/c35-29-25-17-9-10-18-12-14-20(28-26(18)30(36)34-22-6-2-4-8-24(22)40-32(28)38)16-15-19(13-11-17)27(25)31(37)39-23-7-3-1-5-21(23)33-29/h1-8,11-14H,9-10,15-16H2,(H,33,35)(H,34,36). The van der Waals surface area contributed by atoms with Gasteiger partial charge in [-0.1, -0.05) is 48.5 Å². The summed E-state index contributed by atoms with van der Waals surface area (Å²) in [5.74, 6) is -1.45. The number of hydrogen-bond donors (Lipinski definition) is 2. The van der Waals surface area contributed by atoms with Gasteiger partial charge in [0.1, 0.15) is 0 Å². The average Bonchev–Trinajstić information content (AvgIpc) is 2.94. The molecule has 2 amide bonds. The number of rotatable bonds is 0. The second-order valence-electron chi connectivity index (χ2n) is 9.95. The molecule has 8 rings (SSSR count). The number of esters is 2. The van der Waals surface area contributed by atoms with Crippen molar-refractivity contribution in [1.29, 1.82) is 0 Å². The second kappa shape index (κ2) is 9.20. The summed E-state index contributed by atoms with van der Waals surface area (Å²) in [7, 11) is 0. The monoisotopic (exact) mass is 530 g/mol. The minimum absolute atomic E-state index is 0.219. The topological polar surface area (TPSA) is 111 Å². The molecule has 8 heteroatoms. The van der Waals surface area contributed by atoms with Gasteiger partial charge in [-0.25, -0.2) is 9.59 Å². The van der Waals surface area contributed by atoms with E-state index in [1.165, 1.54) is 0 Å². The van der Waals surface area contributed by atoms with Crippen molar-refractivity contribution in [1.82, 2.24) is 0 Å². The molecule has 4 bridgehead atoms. The third-order valence-corrected chi connectivity index (χ3v) is 7.62. The number of nitrogens with one attached hydrogen (secondary N) is 2. The fourth-order valence-corrected chi connectivity index (χ4v) is 5.72. The summed E-state index contributed by atoms with van der Waals surface area (Å²) >= 11 is 0. The second-order valence-corrected chi connectivity index (χ2v) is 9.95. The zero-order valence-corrected chi connectivity index (χ0v) is 21.2. The van der Waals surface area contributed by atoms with Gasteiger partial charge in [0.05, 0.1) is 33.6 Å². The highest BCUT2D eigenvalue weighted by Gasteiger charge is 2.33. The first-order valence-electron chi connectivity index (χ1n) is 13.0. The van der Waals surface area contributed by atoms with Gasteiger partial charge < -0.3 is 20.1 Å². The van der Waals surface area contributed by atoms with E-state index >= 15 is 0 Å². The lowest BCUT2D eigenvalue weighted by atomic mass is 9.84. The number of carbonyl (C=O) groups excluding carboxylic acids is 4. The Balaban J connectivity index is 1.36. The molecule has 8 nitrogen and oxygen atoms in total. The van der Waals surface area contributed by atoms with Crippen molar-refractivity contribution >= 4 is 35.1 Å². The minimum atomic E-state index is -0.606. The number of anilines is 2. The van der Waals surface area contributed by atoms with Gasteiger partial charge in [-0.05, 0) is 72.2 Å². The zero-order chi connectivity index (χ0) is 27.4. The number of para-hydroxylation sites is 4. The highest BCUT2D eigenvalue weighted by atomic mass is 16.5. The third kappa shape index (κ3) is 3.84. The Bertz CT molecular complexity index is 1530. The molecule has 0 radical (unpaired) electrons. The molecule has 0 unspecified atom stereocenters. The molecule has 2 aliphatic heterocycles. The smallest absolute Gasteiger partial charge is 0.344 e. The molecule has 2 heterocycles. The molecule has 4 aromatic carbocycles. The van der Waals surface area contributed by atoms with E-state index in [0.29, 0.717) is 59.3 Å². The van der Waals surface area contributed by atoms with Gasteiger partial charge in [-0.15, -0.1) is 0 Å². The van der Waals surface area contributed by atoms with Gasteiger partial charge in [0.25, 0.3) is 11.8 Å². The Labute approximate surface area is 228 Å². The summed E-state index contributed by atoms with van der Waals surface area (Å²) in [5.41, 5.74) is 4.33. The SMILES string of the molecule is O=C1Nc2ccccc2OC(=O)c2c3ccc(c21)CCc1ccc(c2c1C(=O)Nc1ccccc1OC2=O)CC3. The van der Waals surface area contributed by atoms with Crippen molar-refractivity contribution in [3.63, 3.8) is 0 Å². The lowest BCUT2D eigenvalue weighted by Crippen LogP contribution is -2.28. The number of amides is 2. The number of aryl methyl sites for hydroxylation is 4. The van der Waals surface area contributed by atoms with E-state index in [4.69, 9.17) is 9.47 Å². The van der Waals surface area contributed by atoms with E-state index in [0.717, 1.165) is 0 Å². The average molecular weight is 531 g/mol. The number of hydrogen-bond acceptors (Lipinski definition) is 6. The predicted molar refractivity (Wildman–Crippen MR) is 146 cm³/mol. The van der Waals surface area contributed by atoms with E-state index in [9.17, 15) is 19.2 Å². The first kappa shape index (κ1) is 23.8. The minimum Gasteiger partial charge on any atom is -0.421 e. The molecule has 40 heavy (non-hydrogen) atoms. The lowest BCUT2D eigenvalue weighted by molar-refractivity contribution is 0.0718. The predicted octanol–water partition coefficient (Wildman–Crippen LogP) is 5.14. The molecule has 4 aromatic rings. The first-order chi connectivity index (χ1) is 19.5. The van der Waals surface area contributed by atoms with Crippen molar-refractivity contribution < 1.29 is 28.7 Å². The van der Waals surface area contributed by atoms with Crippen LogP contribution in [0.2, 0.25) is 0 Å². The maximum Gasteiger partial charge on any atom is 0.344 e. The Hall–Kier alpha value is -5.24. The van der Waals surface area contributed by atoms with Crippen LogP contribution in [0.25, 0.3) is 0 Å². The highest BCUT2D eigenvalue weighted by molar-refractivity contribution is 6.16. The van der Waals surface area contributed by atoms with Crippen LogP contribution in [-0.4, -0.2) is 23.8 Å². The van der Waals surface area contributed by atoms with E-state index in [1.54, 1.807) is 48.5 Å². The molecule has 0 saturated carbocycles. The van der Waals surface area contributed by atoms with E-state index in [1.807, 2.05) is 24.3 Å². The third-order valence-electron chi connectivity index (χ3n) is 7.62. The Morgan fingerprint density at radius 1 is 0.450 bits per heavy atom. The van der Waals surface area contributed by atoms with Crippen molar-refractivity contribution in [2.45, 2.75) is 25.7 Å². The van der Waals surface area contributed by atoms with Crippen molar-refractivity contribution in [2.24, 2.45) is 0 Å². The molecule has 0 atom stereocenters. The van der Waals surface area contributed by atoms with Gasteiger partial charge in [-0.2, -0.15) is 0 Å². The van der Waals surface area contributed by atoms with Crippen LogP contribution in [0.5, 0.6) is 11.5 Å². The van der Waals surface area contributed by atoms with Gasteiger partial charge in [0.15, 0.2) is 11.5 Å². The molecule has 196 valence electrons. The van der Waals surface area contributed by atoms with Gasteiger partial charge in [0.2, 0.25) is 0 Å². The van der Waals surface area contributed by atoms with E-state index in [-0.39, 0.29) is 33.8 Å². The van der Waals surface area contributed by atoms with Crippen molar-refractivity contribution in [3.05, 3.63) is 117 Å². The van der Waals surface area contributed by atoms with Crippen LogP contribution in [0, 0.1) is 0 Å². The molecule has 4 aliphatic rings. The molecular weight excluding hydrogens is 508 g/mol.